The molecule has 10 nitrogen and oxygen atoms in total. The average molecular weight is 463 g/mol. The van der Waals surface area contributed by atoms with Crippen molar-refractivity contribution in [3.8, 4) is 17.3 Å². The Morgan fingerprint density at radius 1 is 1.24 bits per heavy atom. The van der Waals surface area contributed by atoms with Crippen molar-refractivity contribution in [1.82, 2.24) is 30.0 Å². The fourth-order valence-corrected chi connectivity index (χ4v) is 4.19. The first-order valence-electron chi connectivity index (χ1n) is 10.7. The van der Waals surface area contributed by atoms with Gasteiger partial charge in [-0.15, -0.1) is 0 Å². The van der Waals surface area contributed by atoms with Crippen LogP contribution in [0.1, 0.15) is 36.1 Å². The number of alkyl halides is 1. The molecular formula is C23H22FN7O3. The van der Waals surface area contributed by atoms with Crippen molar-refractivity contribution in [1.29, 1.82) is 5.26 Å². The van der Waals surface area contributed by atoms with Gasteiger partial charge in [0.15, 0.2) is 12.0 Å². The van der Waals surface area contributed by atoms with Gasteiger partial charge in [0.05, 0.1) is 12.1 Å². The van der Waals surface area contributed by atoms with E-state index >= 15 is 0 Å². The number of carbonyl (C=O) groups excluding carboxylic acids is 3. The van der Waals surface area contributed by atoms with Gasteiger partial charge in [-0.3, -0.25) is 24.4 Å². The summed E-state index contributed by atoms with van der Waals surface area (Å²) in [6.07, 6.45) is 3.51. The van der Waals surface area contributed by atoms with Gasteiger partial charge in [0.2, 0.25) is 11.8 Å². The Morgan fingerprint density at radius 2 is 1.97 bits per heavy atom. The smallest absolute Gasteiger partial charge is 0.244 e. The molecule has 0 unspecified atom stereocenters. The maximum atomic E-state index is 14.1. The molecule has 2 amide bonds. The number of benzene rings is 1. The zero-order valence-corrected chi connectivity index (χ0v) is 18.7. The minimum atomic E-state index is -1.26. The summed E-state index contributed by atoms with van der Waals surface area (Å²) in [4.78, 5) is 46.8. The number of hydrogen-bond donors (Lipinski definition) is 1. The number of nitriles is 1. The van der Waals surface area contributed by atoms with Crippen molar-refractivity contribution in [2.45, 2.75) is 45.4 Å². The Hall–Kier alpha value is -4.20. The number of hydrogen-bond acceptors (Lipinski definition) is 7. The van der Waals surface area contributed by atoms with Gasteiger partial charge in [0.1, 0.15) is 24.2 Å². The van der Waals surface area contributed by atoms with Crippen molar-refractivity contribution < 1.29 is 18.8 Å². The zero-order chi connectivity index (χ0) is 24.4. The normalized spacial score (nSPS) is 17.5. The lowest BCUT2D eigenvalue weighted by Crippen LogP contribution is -2.40. The molecule has 0 aliphatic carbocycles. The van der Waals surface area contributed by atoms with E-state index in [4.69, 9.17) is 5.26 Å². The molecule has 174 valence electrons. The van der Waals surface area contributed by atoms with Crippen LogP contribution in [0.4, 0.5) is 4.39 Å². The van der Waals surface area contributed by atoms with Gasteiger partial charge in [-0.1, -0.05) is 6.07 Å². The van der Waals surface area contributed by atoms with E-state index in [2.05, 4.69) is 15.1 Å². The molecule has 0 bridgehead atoms. The van der Waals surface area contributed by atoms with E-state index in [1.165, 1.54) is 22.7 Å². The predicted molar refractivity (Wildman–Crippen MR) is 119 cm³/mol. The van der Waals surface area contributed by atoms with Crippen LogP contribution in [0.15, 0.2) is 30.6 Å². The second-order valence-corrected chi connectivity index (χ2v) is 8.21. The molecule has 0 radical (unpaired) electrons. The number of rotatable bonds is 6. The van der Waals surface area contributed by atoms with Crippen LogP contribution in [0.25, 0.3) is 22.0 Å². The number of likely N-dealkylation sites (tertiary alicyclic amines) is 1. The summed E-state index contributed by atoms with van der Waals surface area (Å²) in [6, 6.07) is 4.73. The number of fused-ring (bicyclic) bond motifs is 1. The Kier molecular flexibility index (Phi) is 6.32. The molecule has 2 atom stereocenters. The number of amides is 2. The molecule has 1 aliphatic rings. The van der Waals surface area contributed by atoms with Crippen molar-refractivity contribution in [2.75, 3.05) is 6.54 Å². The molecule has 4 rings (SSSR count). The third-order valence-electron chi connectivity index (χ3n) is 5.78. The molecule has 1 aromatic carbocycles. The van der Waals surface area contributed by atoms with Crippen LogP contribution < -0.4 is 5.32 Å². The van der Waals surface area contributed by atoms with Gasteiger partial charge in [0, 0.05) is 49.2 Å². The lowest BCUT2D eigenvalue weighted by atomic mass is 10.0. The van der Waals surface area contributed by atoms with Gasteiger partial charge in [-0.2, -0.15) is 10.4 Å². The first-order chi connectivity index (χ1) is 16.3. The molecule has 1 N–H and O–H groups in total. The van der Waals surface area contributed by atoms with E-state index in [1.807, 2.05) is 11.4 Å². The summed E-state index contributed by atoms with van der Waals surface area (Å²) < 4.78 is 15.5. The van der Waals surface area contributed by atoms with Crippen LogP contribution in [-0.2, 0) is 16.1 Å². The number of carbonyl (C=O) groups is 3. The predicted octanol–water partition coefficient (Wildman–Crippen LogP) is 1.93. The first-order valence-corrected chi connectivity index (χ1v) is 10.7. The highest BCUT2D eigenvalue weighted by Gasteiger charge is 2.36. The van der Waals surface area contributed by atoms with Gasteiger partial charge >= 0.3 is 0 Å². The maximum Gasteiger partial charge on any atom is 0.244 e. The number of aryl methyl sites for hydroxylation is 1. The molecular weight excluding hydrogens is 441 g/mol. The quantitative estimate of drug-likeness (QED) is 0.335. The Balaban J connectivity index is 1.63. The van der Waals surface area contributed by atoms with Crippen molar-refractivity contribution >= 4 is 28.5 Å². The van der Waals surface area contributed by atoms with Crippen LogP contribution in [0.2, 0.25) is 0 Å². The molecule has 11 heteroatoms. The number of ketones is 1. The highest BCUT2D eigenvalue weighted by molar-refractivity contribution is 6.06. The van der Waals surface area contributed by atoms with Gasteiger partial charge in [0.25, 0.3) is 0 Å². The summed E-state index contributed by atoms with van der Waals surface area (Å²) in [5.41, 5.74) is 2.36. The molecule has 3 aromatic rings. The number of Topliss-reactive ketones (excluding diaryl/α,β-unsaturated/α-hetero) is 1. The molecule has 2 aromatic heterocycles. The molecule has 34 heavy (non-hydrogen) atoms. The average Bonchev–Trinajstić information content (AvgIpc) is 3.34. The minimum absolute atomic E-state index is 0.0190. The number of nitrogens with one attached hydrogen (secondary N) is 1. The summed E-state index contributed by atoms with van der Waals surface area (Å²) in [5.74, 6) is -0.619. The highest BCUT2D eigenvalue weighted by Crippen LogP contribution is 2.28. The van der Waals surface area contributed by atoms with E-state index in [1.54, 1.807) is 31.5 Å². The van der Waals surface area contributed by atoms with Crippen LogP contribution in [0.3, 0.4) is 0 Å². The van der Waals surface area contributed by atoms with E-state index in [0.29, 0.717) is 16.7 Å². The Labute approximate surface area is 194 Å². The Morgan fingerprint density at radius 3 is 2.65 bits per heavy atom. The van der Waals surface area contributed by atoms with Crippen LogP contribution in [0.5, 0.6) is 0 Å². The summed E-state index contributed by atoms with van der Waals surface area (Å²) >= 11 is 0. The van der Waals surface area contributed by atoms with Crippen molar-refractivity contribution in [2.24, 2.45) is 0 Å². The summed E-state index contributed by atoms with van der Waals surface area (Å²) in [7, 11) is 0. The molecule has 1 fully saturated rings. The van der Waals surface area contributed by atoms with Gasteiger partial charge in [-0.05, 0) is 24.6 Å². The number of nitrogens with zero attached hydrogens (tertiary/aromatic N) is 6. The maximum absolute atomic E-state index is 14.1. The zero-order valence-electron chi connectivity index (χ0n) is 18.7. The second-order valence-electron chi connectivity index (χ2n) is 8.21. The SMILES string of the molecule is CC(=O)c1nn(CC(=O)N2C[C@H](F)C[C@H]2CC(=O)NC#N)c2ccc(-c3cnc(C)nc3)cc12. The van der Waals surface area contributed by atoms with Crippen LogP contribution >= 0.6 is 0 Å². The van der Waals surface area contributed by atoms with E-state index in [-0.39, 0.29) is 37.4 Å². The topological polar surface area (TPSA) is 134 Å². The van der Waals surface area contributed by atoms with Crippen LogP contribution in [-0.4, -0.2) is 61.0 Å². The summed E-state index contributed by atoms with van der Waals surface area (Å²) in [5, 5.41) is 15.5. The van der Waals surface area contributed by atoms with Gasteiger partial charge in [-0.25, -0.2) is 14.4 Å². The van der Waals surface area contributed by atoms with E-state index < -0.39 is 24.0 Å². The number of aromatic nitrogens is 4. The molecule has 0 spiro atoms. The lowest BCUT2D eigenvalue weighted by Gasteiger charge is -2.23. The van der Waals surface area contributed by atoms with Crippen molar-refractivity contribution in [3.63, 3.8) is 0 Å². The van der Waals surface area contributed by atoms with Crippen LogP contribution in [0, 0.1) is 18.4 Å². The van der Waals surface area contributed by atoms with Crippen molar-refractivity contribution in [3.05, 3.63) is 42.1 Å². The van der Waals surface area contributed by atoms with E-state index in [9.17, 15) is 18.8 Å². The number of halogens is 1. The van der Waals surface area contributed by atoms with Gasteiger partial charge < -0.3 is 4.90 Å². The fourth-order valence-electron chi connectivity index (χ4n) is 4.19. The second kappa shape index (κ2) is 9.35. The first kappa shape index (κ1) is 23.0. The van der Waals surface area contributed by atoms with E-state index in [0.717, 1.165) is 11.1 Å². The largest absolute Gasteiger partial charge is 0.335 e. The standard InChI is InChI=1S/C23H22FN7O3/c1-13(32)23-19-5-15(16-8-26-14(2)27-9-16)3-4-20(19)31(29-23)11-22(34)30-10-17(24)6-18(30)7-21(33)28-12-25/h3-5,8-9,17-18H,6-7,10-11H2,1-2H3,(H,28,33)/t17-,18+/m1/s1. The molecule has 0 saturated carbocycles. The molecule has 1 saturated heterocycles. The third kappa shape index (κ3) is 4.61. The molecule has 3 heterocycles. The lowest BCUT2D eigenvalue weighted by molar-refractivity contribution is -0.133. The Bertz CT molecular complexity index is 1310. The molecule has 1 aliphatic heterocycles. The highest BCUT2D eigenvalue weighted by atomic mass is 19.1. The minimum Gasteiger partial charge on any atom is -0.335 e. The monoisotopic (exact) mass is 463 g/mol. The fraction of sp³-hybridized carbons (Fsp3) is 0.348. The summed E-state index contributed by atoms with van der Waals surface area (Å²) in [6.45, 7) is 2.82. The third-order valence-corrected chi connectivity index (χ3v) is 5.78.